The fourth-order valence-electron chi connectivity index (χ4n) is 1.68. The van der Waals surface area contributed by atoms with E-state index in [0.717, 1.165) is 11.1 Å². The molecule has 0 saturated heterocycles. The van der Waals surface area contributed by atoms with Crippen LogP contribution in [0, 0.1) is 5.82 Å². The standard InChI is InChI=1S/C12H11BrFNO/c1-15-12(8-5-6-16-7-8)9-3-2-4-10(14)11(9)13/h2-7,12,15H,1H3. The Bertz CT molecular complexity index is 470. The topological polar surface area (TPSA) is 25.2 Å². The summed E-state index contributed by atoms with van der Waals surface area (Å²) in [5.74, 6) is -0.263. The van der Waals surface area contributed by atoms with Gasteiger partial charge in [0, 0.05) is 5.56 Å². The van der Waals surface area contributed by atoms with Crippen LogP contribution in [0.1, 0.15) is 17.2 Å². The molecule has 0 amide bonds. The van der Waals surface area contributed by atoms with Crippen molar-refractivity contribution < 1.29 is 8.81 Å². The molecule has 1 unspecified atom stereocenters. The highest BCUT2D eigenvalue weighted by Crippen LogP contribution is 2.30. The molecule has 0 bridgehead atoms. The monoisotopic (exact) mass is 283 g/mol. The second-order valence-electron chi connectivity index (χ2n) is 3.42. The lowest BCUT2D eigenvalue weighted by molar-refractivity contribution is 0.556. The van der Waals surface area contributed by atoms with Crippen LogP contribution in [0.2, 0.25) is 0 Å². The predicted molar refractivity (Wildman–Crippen MR) is 63.7 cm³/mol. The minimum Gasteiger partial charge on any atom is -0.472 e. The van der Waals surface area contributed by atoms with Gasteiger partial charge in [-0.15, -0.1) is 0 Å². The molecule has 0 aliphatic rings. The fourth-order valence-corrected chi connectivity index (χ4v) is 2.18. The Balaban J connectivity index is 2.45. The average molecular weight is 284 g/mol. The van der Waals surface area contributed by atoms with Crippen LogP contribution in [-0.2, 0) is 0 Å². The van der Waals surface area contributed by atoms with E-state index >= 15 is 0 Å². The van der Waals surface area contributed by atoms with Gasteiger partial charge in [-0.2, -0.15) is 0 Å². The number of rotatable bonds is 3. The van der Waals surface area contributed by atoms with Crippen molar-refractivity contribution in [1.82, 2.24) is 5.32 Å². The van der Waals surface area contributed by atoms with E-state index in [1.165, 1.54) is 6.07 Å². The van der Waals surface area contributed by atoms with E-state index in [2.05, 4.69) is 21.2 Å². The number of halogens is 2. The van der Waals surface area contributed by atoms with E-state index in [4.69, 9.17) is 4.42 Å². The molecule has 1 aromatic heterocycles. The van der Waals surface area contributed by atoms with Crippen molar-refractivity contribution in [3.63, 3.8) is 0 Å². The van der Waals surface area contributed by atoms with Crippen molar-refractivity contribution in [2.45, 2.75) is 6.04 Å². The lowest BCUT2D eigenvalue weighted by Crippen LogP contribution is -2.17. The molecule has 1 aromatic carbocycles. The normalized spacial score (nSPS) is 12.7. The van der Waals surface area contributed by atoms with Crippen molar-refractivity contribution in [3.8, 4) is 0 Å². The Hall–Kier alpha value is -1.13. The average Bonchev–Trinajstić information content (AvgIpc) is 2.79. The van der Waals surface area contributed by atoms with Gasteiger partial charge in [0.1, 0.15) is 5.82 Å². The lowest BCUT2D eigenvalue weighted by atomic mass is 10.0. The second kappa shape index (κ2) is 4.80. The molecule has 1 N–H and O–H groups in total. The van der Waals surface area contributed by atoms with Crippen molar-refractivity contribution >= 4 is 15.9 Å². The summed E-state index contributed by atoms with van der Waals surface area (Å²) in [4.78, 5) is 0. The summed E-state index contributed by atoms with van der Waals surface area (Å²) in [5, 5.41) is 3.13. The molecule has 2 rings (SSSR count). The summed E-state index contributed by atoms with van der Waals surface area (Å²) in [6, 6.07) is 6.78. The smallest absolute Gasteiger partial charge is 0.137 e. The Morgan fingerprint density at radius 1 is 1.38 bits per heavy atom. The molecular weight excluding hydrogens is 273 g/mol. The maximum Gasteiger partial charge on any atom is 0.137 e. The molecule has 2 aromatic rings. The van der Waals surface area contributed by atoms with Gasteiger partial charge in [0.25, 0.3) is 0 Å². The van der Waals surface area contributed by atoms with Crippen LogP contribution >= 0.6 is 15.9 Å². The minimum absolute atomic E-state index is 0.0798. The fraction of sp³-hybridized carbons (Fsp3) is 0.167. The Morgan fingerprint density at radius 3 is 2.81 bits per heavy atom. The van der Waals surface area contributed by atoms with E-state index < -0.39 is 0 Å². The molecule has 0 saturated carbocycles. The van der Waals surface area contributed by atoms with Gasteiger partial charge in [0.05, 0.1) is 23.0 Å². The van der Waals surface area contributed by atoms with Crippen molar-refractivity contribution in [1.29, 1.82) is 0 Å². The second-order valence-corrected chi connectivity index (χ2v) is 4.21. The molecule has 0 aliphatic heterocycles. The predicted octanol–water partition coefficient (Wildman–Crippen LogP) is 3.49. The van der Waals surface area contributed by atoms with E-state index in [1.54, 1.807) is 18.6 Å². The van der Waals surface area contributed by atoms with Gasteiger partial charge in [-0.3, -0.25) is 0 Å². The van der Waals surface area contributed by atoms with Crippen LogP contribution in [0.3, 0.4) is 0 Å². The van der Waals surface area contributed by atoms with Gasteiger partial charge in [-0.25, -0.2) is 4.39 Å². The summed E-state index contributed by atoms with van der Waals surface area (Å²) in [6.45, 7) is 0. The summed E-state index contributed by atoms with van der Waals surface area (Å²) in [5.41, 5.74) is 1.82. The molecule has 4 heteroatoms. The number of benzene rings is 1. The molecule has 0 aliphatic carbocycles. The zero-order chi connectivity index (χ0) is 11.5. The highest BCUT2D eigenvalue weighted by molar-refractivity contribution is 9.10. The molecule has 2 nitrogen and oxygen atoms in total. The lowest BCUT2D eigenvalue weighted by Gasteiger charge is -2.16. The Labute approximate surface area is 102 Å². The third-order valence-electron chi connectivity index (χ3n) is 2.46. The summed E-state index contributed by atoms with van der Waals surface area (Å²) < 4.78 is 18.9. The number of hydrogen-bond acceptors (Lipinski definition) is 2. The Morgan fingerprint density at radius 2 is 2.19 bits per heavy atom. The summed E-state index contributed by atoms with van der Waals surface area (Å²) in [7, 11) is 1.83. The van der Waals surface area contributed by atoms with Crippen LogP contribution in [0.4, 0.5) is 4.39 Å². The molecule has 1 heterocycles. The van der Waals surface area contributed by atoms with Gasteiger partial charge in [0.15, 0.2) is 0 Å². The summed E-state index contributed by atoms with van der Waals surface area (Å²) >= 11 is 3.26. The minimum atomic E-state index is -0.263. The molecule has 1 atom stereocenters. The quantitative estimate of drug-likeness (QED) is 0.933. The van der Waals surface area contributed by atoms with Crippen LogP contribution in [0.15, 0.2) is 45.7 Å². The van der Waals surface area contributed by atoms with Crippen LogP contribution in [0.5, 0.6) is 0 Å². The van der Waals surface area contributed by atoms with E-state index in [1.807, 2.05) is 19.2 Å². The van der Waals surface area contributed by atoms with Gasteiger partial charge in [0.2, 0.25) is 0 Å². The first kappa shape index (κ1) is 11.4. The van der Waals surface area contributed by atoms with E-state index in [-0.39, 0.29) is 11.9 Å². The van der Waals surface area contributed by atoms with Crippen LogP contribution < -0.4 is 5.32 Å². The third-order valence-corrected chi connectivity index (χ3v) is 3.29. The largest absolute Gasteiger partial charge is 0.472 e. The number of nitrogens with one attached hydrogen (secondary N) is 1. The molecule has 84 valence electrons. The maximum atomic E-state index is 13.4. The van der Waals surface area contributed by atoms with Gasteiger partial charge in [-0.05, 0) is 40.7 Å². The van der Waals surface area contributed by atoms with Crippen molar-refractivity contribution in [3.05, 3.63) is 58.2 Å². The van der Waals surface area contributed by atoms with Crippen molar-refractivity contribution in [2.75, 3.05) is 7.05 Å². The zero-order valence-corrected chi connectivity index (χ0v) is 10.3. The zero-order valence-electron chi connectivity index (χ0n) is 8.71. The van der Waals surface area contributed by atoms with E-state index in [9.17, 15) is 4.39 Å². The first-order chi connectivity index (χ1) is 7.74. The SMILES string of the molecule is CNC(c1ccoc1)c1cccc(F)c1Br. The first-order valence-electron chi connectivity index (χ1n) is 4.87. The third kappa shape index (κ3) is 2.03. The van der Waals surface area contributed by atoms with E-state index in [0.29, 0.717) is 4.47 Å². The molecular formula is C12H11BrFNO. The van der Waals surface area contributed by atoms with Gasteiger partial charge >= 0.3 is 0 Å². The molecule has 16 heavy (non-hydrogen) atoms. The summed E-state index contributed by atoms with van der Waals surface area (Å²) in [6.07, 6.45) is 3.26. The molecule has 0 fully saturated rings. The van der Waals surface area contributed by atoms with Crippen molar-refractivity contribution in [2.24, 2.45) is 0 Å². The number of hydrogen-bond donors (Lipinski definition) is 1. The van der Waals surface area contributed by atoms with Gasteiger partial charge < -0.3 is 9.73 Å². The molecule has 0 radical (unpaired) electrons. The number of furan rings is 1. The highest BCUT2D eigenvalue weighted by atomic mass is 79.9. The maximum absolute atomic E-state index is 13.4. The van der Waals surface area contributed by atoms with Crippen LogP contribution in [0.25, 0.3) is 0 Å². The Kier molecular flexibility index (Phi) is 3.41. The highest BCUT2D eigenvalue weighted by Gasteiger charge is 2.17. The first-order valence-corrected chi connectivity index (χ1v) is 5.66. The van der Waals surface area contributed by atoms with Gasteiger partial charge in [-0.1, -0.05) is 12.1 Å². The molecule has 0 spiro atoms. The van der Waals surface area contributed by atoms with Crippen LogP contribution in [-0.4, -0.2) is 7.05 Å².